The fourth-order valence-electron chi connectivity index (χ4n) is 3.39. The molecule has 3 rings (SSSR count). The Kier molecular flexibility index (Phi) is 5.78. The van der Waals surface area contributed by atoms with Crippen LogP contribution in [-0.4, -0.2) is 28.9 Å². The lowest BCUT2D eigenvalue weighted by atomic mass is 10.0. The van der Waals surface area contributed by atoms with E-state index in [4.69, 9.17) is 4.74 Å². The molecule has 0 radical (unpaired) electrons. The van der Waals surface area contributed by atoms with Crippen molar-refractivity contribution < 1.29 is 14.3 Å². The summed E-state index contributed by atoms with van der Waals surface area (Å²) in [5, 5.41) is 3.25. The molecule has 0 saturated heterocycles. The average Bonchev–Trinajstić information content (AvgIpc) is 2.89. The lowest BCUT2D eigenvalue weighted by molar-refractivity contribution is -0.138. The molecule has 2 amide bonds. The molecule has 0 bridgehead atoms. The normalized spacial score (nSPS) is 14.4. The third kappa shape index (κ3) is 4.04. The highest BCUT2D eigenvalue weighted by atomic mass is 16.5. The van der Waals surface area contributed by atoms with Gasteiger partial charge in [-0.15, -0.1) is 0 Å². The largest absolute Gasteiger partial charge is 0.491 e. The molecule has 0 saturated carbocycles. The number of amides is 2. The topological polar surface area (TPSA) is 58.6 Å². The van der Waals surface area contributed by atoms with Gasteiger partial charge in [0.1, 0.15) is 11.4 Å². The minimum Gasteiger partial charge on any atom is -0.491 e. The highest BCUT2D eigenvalue weighted by Crippen LogP contribution is 2.33. The van der Waals surface area contributed by atoms with Crippen molar-refractivity contribution in [1.29, 1.82) is 0 Å². The Bertz CT molecular complexity index is 972. The molecule has 0 spiro atoms. The number of imide groups is 1. The van der Waals surface area contributed by atoms with Gasteiger partial charge < -0.3 is 10.1 Å². The molecule has 0 fully saturated rings. The number of anilines is 1. The van der Waals surface area contributed by atoms with Gasteiger partial charge in [-0.1, -0.05) is 24.3 Å². The summed E-state index contributed by atoms with van der Waals surface area (Å²) in [7, 11) is 0. The number of nitrogens with one attached hydrogen (secondary N) is 1. The third-order valence-electron chi connectivity index (χ3n) is 5.01. The minimum atomic E-state index is -0.302. The summed E-state index contributed by atoms with van der Waals surface area (Å²) in [5.74, 6) is 0.143. The van der Waals surface area contributed by atoms with Crippen molar-refractivity contribution >= 4 is 23.1 Å². The zero-order valence-electron chi connectivity index (χ0n) is 17.9. The molecule has 29 heavy (non-hydrogen) atoms. The summed E-state index contributed by atoms with van der Waals surface area (Å²) in [6.45, 7) is 11.6. The third-order valence-corrected chi connectivity index (χ3v) is 5.01. The Morgan fingerprint density at radius 3 is 2.14 bits per heavy atom. The Morgan fingerprint density at radius 2 is 1.55 bits per heavy atom. The first-order valence-electron chi connectivity index (χ1n) is 9.93. The van der Waals surface area contributed by atoms with Gasteiger partial charge in [-0.3, -0.25) is 14.5 Å². The fraction of sp³-hybridized carbons (Fsp3) is 0.333. The van der Waals surface area contributed by atoms with Gasteiger partial charge in [-0.2, -0.15) is 0 Å². The summed E-state index contributed by atoms with van der Waals surface area (Å²) in [4.78, 5) is 27.6. The van der Waals surface area contributed by atoms with Crippen LogP contribution in [0, 0.1) is 13.8 Å². The zero-order chi connectivity index (χ0) is 21.3. The smallest absolute Gasteiger partial charge is 0.278 e. The monoisotopic (exact) mass is 392 g/mol. The van der Waals surface area contributed by atoms with Crippen LogP contribution in [0.4, 0.5) is 5.69 Å². The van der Waals surface area contributed by atoms with E-state index >= 15 is 0 Å². The number of carbonyl (C=O) groups excluding carboxylic acids is 2. The molecule has 1 aliphatic rings. The quantitative estimate of drug-likeness (QED) is 0.725. The number of hydrogen-bond donors (Lipinski definition) is 1. The predicted octanol–water partition coefficient (Wildman–Crippen LogP) is 4.69. The van der Waals surface area contributed by atoms with Crippen molar-refractivity contribution in [1.82, 2.24) is 4.90 Å². The molecule has 152 valence electrons. The first-order chi connectivity index (χ1) is 13.7. The molecule has 1 aliphatic heterocycles. The van der Waals surface area contributed by atoms with Crippen LogP contribution in [0.15, 0.2) is 48.2 Å². The molecule has 1 heterocycles. The summed E-state index contributed by atoms with van der Waals surface area (Å²) >= 11 is 0. The van der Waals surface area contributed by atoms with Crippen molar-refractivity contribution in [3.8, 4) is 5.75 Å². The predicted molar refractivity (Wildman–Crippen MR) is 116 cm³/mol. The van der Waals surface area contributed by atoms with E-state index in [9.17, 15) is 9.59 Å². The molecule has 0 aliphatic carbocycles. The summed E-state index contributed by atoms with van der Waals surface area (Å²) < 4.78 is 5.70. The van der Waals surface area contributed by atoms with Gasteiger partial charge in [-0.05, 0) is 76.4 Å². The summed E-state index contributed by atoms with van der Waals surface area (Å²) in [6, 6.07) is 12.9. The second-order valence-electron chi connectivity index (χ2n) is 7.89. The molecule has 2 aromatic carbocycles. The Morgan fingerprint density at radius 1 is 0.897 bits per heavy atom. The molecule has 5 nitrogen and oxygen atoms in total. The van der Waals surface area contributed by atoms with Crippen molar-refractivity contribution in [2.45, 2.75) is 53.7 Å². The number of rotatable bonds is 6. The van der Waals surface area contributed by atoms with Crippen LogP contribution in [0.2, 0.25) is 0 Å². The van der Waals surface area contributed by atoms with Crippen LogP contribution in [0.1, 0.15) is 44.4 Å². The first kappa shape index (κ1) is 20.6. The fourth-order valence-corrected chi connectivity index (χ4v) is 3.39. The molecular weight excluding hydrogens is 364 g/mol. The van der Waals surface area contributed by atoms with Gasteiger partial charge in [0.05, 0.1) is 11.7 Å². The highest BCUT2D eigenvalue weighted by molar-refractivity contribution is 6.36. The maximum absolute atomic E-state index is 13.1. The van der Waals surface area contributed by atoms with Crippen molar-refractivity contribution in [3.63, 3.8) is 0 Å². The van der Waals surface area contributed by atoms with Crippen LogP contribution in [-0.2, 0) is 9.59 Å². The number of hydrogen-bond acceptors (Lipinski definition) is 4. The Balaban J connectivity index is 2.07. The van der Waals surface area contributed by atoms with Gasteiger partial charge in [0, 0.05) is 11.7 Å². The molecule has 0 atom stereocenters. The second kappa shape index (κ2) is 8.11. The number of benzene rings is 2. The van der Waals surface area contributed by atoms with Crippen LogP contribution in [0.3, 0.4) is 0 Å². The van der Waals surface area contributed by atoms with E-state index in [1.54, 1.807) is 0 Å². The number of nitrogens with zero attached hydrogens (tertiary/aromatic N) is 1. The van der Waals surface area contributed by atoms with Gasteiger partial charge in [-0.25, -0.2) is 0 Å². The number of carbonyl (C=O) groups is 2. The van der Waals surface area contributed by atoms with E-state index in [1.807, 2.05) is 84.0 Å². The van der Waals surface area contributed by atoms with E-state index in [-0.39, 0.29) is 24.0 Å². The van der Waals surface area contributed by atoms with E-state index in [2.05, 4.69) is 5.32 Å². The van der Waals surface area contributed by atoms with Crippen molar-refractivity contribution in [2.24, 2.45) is 0 Å². The standard InChI is InChI=1S/C24H28N2O3/c1-14(2)26-23(27)21(18-10-12-19(13-11-18)29-15(3)4)22(24(26)28)25-20-9-7-8-16(5)17(20)6/h7-15,25H,1-6H3. The van der Waals surface area contributed by atoms with Crippen molar-refractivity contribution in [3.05, 3.63) is 64.9 Å². The second-order valence-corrected chi connectivity index (χ2v) is 7.89. The molecule has 1 N–H and O–H groups in total. The lowest BCUT2D eigenvalue weighted by Gasteiger charge is -2.19. The maximum atomic E-state index is 13.1. The SMILES string of the molecule is Cc1cccc(NC2=C(c3ccc(OC(C)C)cc3)C(=O)N(C(C)C)C2=O)c1C. The van der Waals surface area contributed by atoms with Gasteiger partial charge in [0.15, 0.2) is 0 Å². The van der Waals surface area contributed by atoms with E-state index < -0.39 is 0 Å². The van der Waals surface area contributed by atoms with E-state index in [1.165, 1.54) is 4.90 Å². The van der Waals surface area contributed by atoms with Crippen LogP contribution < -0.4 is 10.1 Å². The van der Waals surface area contributed by atoms with Gasteiger partial charge >= 0.3 is 0 Å². The lowest BCUT2D eigenvalue weighted by Crippen LogP contribution is -2.38. The first-order valence-corrected chi connectivity index (χ1v) is 9.93. The van der Waals surface area contributed by atoms with E-state index in [0.29, 0.717) is 16.8 Å². The van der Waals surface area contributed by atoms with Crippen LogP contribution in [0.25, 0.3) is 5.57 Å². The molecule has 5 heteroatoms. The number of ether oxygens (including phenoxy) is 1. The van der Waals surface area contributed by atoms with Crippen LogP contribution in [0.5, 0.6) is 5.75 Å². The average molecular weight is 392 g/mol. The molecular formula is C24H28N2O3. The summed E-state index contributed by atoms with van der Waals surface area (Å²) in [6.07, 6.45) is 0.0627. The van der Waals surface area contributed by atoms with Gasteiger partial charge in [0.2, 0.25) is 0 Å². The minimum absolute atomic E-state index is 0.0627. The van der Waals surface area contributed by atoms with Crippen LogP contribution >= 0.6 is 0 Å². The molecule has 0 unspecified atom stereocenters. The van der Waals surface area contributed by atoms with Crippen molar-refractivity contribution in [2.75, 3.05) is 5.32 Å². The molecule has 0 aromatic heterocycles. The van der Waals surface area contributed by atoms with E-state index in [0.717, 1.165) is 22.6 Å². The Labute approximate surface area is 172 Å². The Hall–Kier alpha value is -3.08. The zero-order valence-corrected chi connectivity index (χ0v) is 17.9. The maximum Gasteiger partial charge on any atom is 0.278 e. The van der Waals surface area contributed by atoms with Gasteiger partial charge in [0.25, 0.3) is 11.8 Å². The highest BCUT2D eigenvalue weighted by Gasteiger charge is 2.40. The molecule has 2 aromatic rings. The number of aryl methyl sites for hydroxylation is 1. The summed E-state index contributed by atoms with van der Waals surface area (Å²) in [5.41, 5.74) is 4.38.